The Morgan fingerprint density at radius 1 is 1.28 bits per heavy atom. The third kappa shape index (κ3) is 4.71. The lowest BCUT2D eigenvalue weighted by Gasteiger charge is -2.35. The maximum atomic E-state index is 13.9. The minimum absolute atomic E-state index is 0.0788. The number of carbonyl (C=O) groups excluding carboxylic acids is 2. The summed E-state index contributed by atoms with van der Waals surface area (Å²) in [6.07, 6.45) is 2.17. The van der Waals surface area contributed by atoms with Crippen LogP contribution in [0.5, 0.6) is 5.75 Å². The molecule has 1 aliphatic carbocycles. The molecule has 1 N–H and O–H groups in total. The number of hydrogen-bond acceptors (Lipinski definition) is 4. The van der Waals surface area contributed by atoms with Crippen molar-refractivity contribution in [2.45, 2.75) is 52.2 Å². The van der Waals surface area contributed by atoms with E-state index in [0.717, 1.165) is 25.3 Å². The first kappa shape index (κ1) is 19.2. The monoisotopic (exact) mass is 351 g/mol. The highest BCUT2D eigenvalue weighted by Gasteiger charge is 2.30. The number of esters is 1. The Bertz CT molecular complexity index is 634. The molecule has 0 aromatic heterocycles. The highest BCUT2D eigenvalue weighted by atomic mass is 19.1. The van der Waals surface area contributed by atoms with Crippen molar-refractivity contribution < 1.29 is 23.5 Å². The SMILES string of the molecule is COc1ccc(C(=O)O[C@H](C)C(=O)N[C@@H]2CCC[C@H](C)[C@H]2C)c(F)c1. The first-order chi connectivity index (χ1) is 11.8. The van der Waals surface area contributed by atoms with Crippen molar-refractivity contribution in [1.82, 2.24) is 5.32 Å². The zero-order valence-electron chi connectivity index (χ0n) is 15.2. The van der Waals surface area contributed by atoms with Gasteiger partial charge in [0.15, 0.2) is 6.10 Å². The summed E-state index contributed by atoms with van der Waals surface area (Å²) in [5.74, 6) is -0.738. The largest absolute Gasteiger partial charge is 0.497 e. The van der Waals surface area contributed by atoms with E-state index in [0.29, 0.717) is 17.6 Å². The molecule has 0 bridgehead atoms. The molecule has 1 saturated carbocycles. The van der Waals surface area contributed by atoms with Gasteiger partial charge in [0, 0.05) is 12.1 Å². The number of rotatable bonds is 5. The van der Waals surface area contributed by atoms with Gasteiger partial charge in [0.05, 0.1) is 12.7 Å². The highest BCUT2D eigenvalue weighted by Crippen LogP contribution is 2.29. The molecular weight excluding hydrogens is 325 g/mol. The lowest BCUT2D eigenvalue weighted by molar-refractivity contribution is -0.130. The third-order valence-electron chi connectivity index (χ3n) is 5.08. The van der Waals surface area contributed by atoms with Crippen molar-refractivity contribution in [3.8, 4) is 5.75 Å². The van der Waals surface area contributed by atoms with Gasteiger partial charge in [-0.15, -0.1) is 0 Å². The molecule has 0 radical (unpaired) electrons. The molecule has 1 aromatic rings. The molecule has 6 heteroatoms. The van der Waals surface area contributed by atoms with Gasteiger partial charge >= 0.3 is 5.97 Å². The quantitative estimate of drug-likeness (QED) is 0.827. The molecule has 0 aliphatic heterocycles. The van der Waals surface area contributed by atoms with Crippen molar-refractivity contribution >= 4 is 11.9 Å². The van der Waals surface area contributed by atoms with Gasteiger partial charge in [0.25, 0.3) is 5.91 Å². The molecule has 4 atom stereocenters. The van der Waals surface area contributed by atoms with E-state index >= 15 is 0 Å². The molecule has 1 amide bonds. The fourth-order valence-electron chi connectivity index (χ4n) is 3.15. The van der Waals surface area contributed by atoms with Crippen LogP contribution in [0.4, 0.5) is 4.39 Å². The van der Waals surface area contributed by atoms with Crippen molar-refractivity contribution in [2.75, 3.05) is 7.11 Å². The number of carbonyl (C=O) groups is 2. The highest BCUT2D eigenvalue weighted by molar-refractivity contribution is 5.92. The molecule has 1 aromatic carbocycles. The van der Waals surface area contributed by atoms with Crippen LogP contribution in [-0.2, 0) is 9.53 Å². The Balaban J connectivity index is 1.95. The second kappa shape index (κ2) is 8.32. The van der Waals surface area contributed by atoms with Crippen LogP contribution in [-0.4, -0.2) is 31.1 Å². The van der Waals surface area contributed by atoms with Gasteiger partial charge in [-0.25, -0.2) is 9.18 Å². The molecule has 0 saturated heterocycles. The van der Waals surface area contributed by atoms with E-state index in [2.05, 4.69) is 19.2 Å². The second-order valence-corrected chi connectivity index (χ2v) is 6.78. The van der Waals surface area contributed by atoms with E-state index in [9.17, 15) is 14.0 Å². The van der Waals surface area contributed by atoms with Crippen LogP contribution in [0, 0.1) is 17.7 Å². The lowest BCUT2D eigenvalue weighted by atomic mass is 9.78. The summed E-state index contributed by atoms with van der Waals surface area (Å²) >= 11 is 0. The first-order valence-corrected chi connectivity index (χ1v) is 8.68. The van der Waals surface area contributed by atoms with E-state index in [4.69, 9.17) is 9.47 Å². The van der Waals surface area contributed by atoms with Crippen molar-refractivity contribution in [3.05, 3.63) is 29.6 Å². The van der Waals surface area contributed by atoms with Gasteiger partial charge in [-0.05, 0) is 37.3 Å². The smallest absolute Gasteiger partial charge is 0.341 e. The summed E-state index contributed by atoms with van der Waals surface area (Å²) < 4.78 is 23.9. The molecule has 1 fully saturated rings. The average molecular weight is 351 g/mol. The molecule has 138 valence electrons. The lowest BCUT2D eigenvalue weighted by Crippen LogP contribution is -2.47. The minimum atomic E-state index is -0.988. The summed E-state index contributed by atoms with van der Waals surface area (Å²) in [5, 5.41) is 2.96. The Morgan fingerprint density at radius 2 is 2.00 bits per heavy atom. The van der Waals surface area contributed by atoms with E-state index < -0.39 is 17.9 Å². The maximum Gasteiger partial charge on any atom is 0.341 e. The van der Waals surface area contributed by atoms with Crippen LogP contribution in [0.2, 0.25) is 0 Å². The predicted molar refractivity (Wildman–Crippen MR) is 91.9 cm³/mol. The number of halogens is 1. The van der Waals surface area contributed by atoms with Gasteiger partial charge < -0.3 is 14.8 Å². The minimum Gasteiger partial charge on any atom is -0.497 e. The molecule has 1 aliphatic rings. The van der Waals surface area contributed by atoms with E-state index in [-0.39, 0.29) is 17.5 Å². The van der Waals surface area contributed by atoms with E-state index in [1.807, 2.05) is 0 Å². The first-order valence-electron chi connectivity index (χ1n) is 8.68. The second-order valence-electron chi connectivity index (χ2n) is 6.78. The van der Waals surface area contributed by atoms with Gasteiger partial charge in [-0.1, -0.05) is 26.7 Å². The number of nitrogens with one attached hydrogen (secondary N) is 1. The van der Waals surface area contributed by atoms with Gasteiger partial charge in [0.1, 0.15) is 11.6 Å². The van der Waals surface area contributed by atoms with Crippen molar-refractivity contribution in [1.29, 1.82) is 0 Å². The molecule has 0 unspecified atom stereocenters. The molecule has 0 heterocycles. The van der Waals surface area contributed by atoms with Crippen molar-refractivity contribution in [3.63, 3.8) is 0 Å². The zero-order chi connectivity index (χ0) is 18.6. The van der Waals surface area contributed by atoms with Crippen LogP contribution < -0.4 is 10.1 Å². The Kier molecular flexibility index (Phi) is 6.39. The summed E-state index contributed by atoms with van der Waals surface area (Å²) in [4.78, 5) is 24.4. The number of ether oxygens (including phenoxy) is 2. The summed E-state index contributed by atoms with van der Waals surface area (Å²) in [6.45, 7) is 5.79. The maximum absolute atomic E-state index is 13.9. The molecular formula is C19H26FNO4. The molecule has 25 heavy (non-hydrogen) atoms. The third-order valence-corrected chi connectivity index (χ3v) is 5.08. The standard InChI is InChI=1S/C19H26FNO4/c1-11-6-5-7-17(12(11)2)21-18(22)13(3)25-19(23)15-9-8-14(24-4)10-16(15)20/h8-13,17H,5-7H2,1-4H3,(H,21,22)/t11-,12+,13+,17+/m0/s1. The molecule has 5 nitrogen and oxygen atoms in total. The van der Waals surface area contributed by atoms with Gasteiger partial charge in [-0.2, -0.15) is 0 Å². The van der Waals surface area contributed by atoms with Crippen LogP contribution in [0.15, 0.2) is 18.2 Å². The number of hydrogen-bond donors (Lipinski definition) is 1. The topological polar surface area (TPSA) is 64.6 Å². The van der Waals surface area contributed by atoms with Crippen LogP contribution in [0.25, 0.3) is 0 Å². The Hall–Kier alpha value is -2.11. The molecule has 0 spiro atoms. The van der Waals surface area contributed by atoms with Gasteiger partial charge in [0.2, 0.25) is 0 Å². The predicted octanol–water partition coefficient (Wildman–Crippen LogP) is 3.32. The van der Waals surface area contributed by atoms with Crippen LogP contribution in [0.1, 0.15) is 50.4 Å². The fraction of sp³-hybridized carbons (Fsp3) is 0.579. The summed E-state index contributed by atoms with van der Waals surface area (Å²) in [6, 6.07) is 3.93. The van der Waals surface area contributed by atoms with Crippen LogP contribution >= 0.6 is 0 Å². The summed E-state index contributed by atoms with van der Waals surface area (Å²) in [7, 11) is 1.41. The summed E-state index contributed by atoms with van der Waals surface area (Å²) in [5.41, 5.74) is -0.222. The zero-order valence-corrected chi connectivity index (χ0v) is 15.2. The molecule has 2 rings (SSSR count). The van der Waals surface area contributed by atoms with E-state index in [1.54, 1.807) is 0 Å². The van der Waals surface area contributed by atoms with Crippen molar-refractivity contribution in [2.24, 2.45) is 11.8 Å². The number of benzene rings is 1. The van der Waals surface area contributed by atoms with Crippen LogP contribution in [0.3, 0.4) is 0 Å². The average Bonchev–Trinajstić information content (AvgIpc) is 2.58. The van der Waals surface area contributed by atoms with E-state index in [1.165, 1.54) is 26.2 Å². The Morgan fingerprint density at radius 3 is 2.64 bits per heavy atom. The fourth-order valence-corrected chi connectivity index (χ4v) is 3.15. The van der Waals surface area contributed by atoms with Gasteiger partial charge in [-0.3, -0.25) is 4.79 Å². The number of amides is 1. The number of methoxy groups -OCH3 is 1. The normalized spacial score (nSPS) is 24.3. The Labute approximate surface area is 147 Å².